The number of carbonyl (C=O) groups is 2. The Hall–Kier alpha value is -2.57. The minimum Gasteiger partial charge on any atom is -0.335 e. The highest BCUT2D eigenvalue weighted by Gasteiger charge is 2.35. The van der Waals surface area contributed by atoms with Crippen molar-refractivity contribution >= 4 is 44.7 Å². The lowest BCUT2D eigenvalue weighted by Crippen LogP contribution is -2.19. The second-order valence-corrected chi connectivity index (χ2v) is 6.69. The molecule has 0 spiro atoms. The van der Waals surface area contributed by atoms with E-state index in [0.29, 0.717) is 11.4 Å². The van der Waals surface area contributed by atoms with Gasteiger partial charge in [0, 0.05) is 22.4 Å². The molecule has 1 aliphatic rings. The molecule has 0 atom stereocenters. The van der Waals surface area contributed by atoms with Gasteiger partial charge in [-0.1, -0.05) is 39.7 Å². The Morgan fingerprint density at radius 1 is 0.920 bits per heavy atom. The van der Waals surface area contributed by atoms with Gasteiger partial charge in [-0.05, 0) is 29.8 Å². The molecular weight excluding hydrogens is 406 g/mol. The molecule has 0 radical (unpaired) electrons. The topological polar surface area (TPSA) is 75.7 Å². The Kier molecular flexibility index (Phi) is 3.86. The smallest absolute Gasteiger partial charge is 0.223 e. The third-order valence-electron chi connectivity index (χ3n) is 3.88. The molecule has 0 unspecified atom stereocenters. The number of aromatic nitrogens is 3. The van der Waals surface area contributed by atoms with Crippen LogP contribution < -0.4 is 0 Å². The first kappa shape index (κ1) is 15.9. The molecule has 0 saturated carbocycles. The number of fused-ring (bicyclic) bond motifs is 1. The number of Topliss-reactive ketones (excluding diaryl/α,β-unsaturated/α-hetero) is 2. The first-order chi connectivity index (χ1) is 12.1. The summed E-state index contributed by atoms with van der Waals surface area (Å²) in [5, 5.41) is -0.107. The van der Waals surface area contributed by atoms with Gasteiger partial charge < -0.3 is 4.98 Å². The first-order valence-electron chi connectivity index (χ1n) is 7.32. The molecule has 3 aromatic rings. The maximum Gasteiger partial charge on any atom is 0.223 e. The van der Waals surface area contributed by atoms with Crippen molar-refractivity contribution in [2.24, 2.45) is 0 Å². The zero-order valence-electron chi connectivity index (χ0n) is 12.6. The molecule has 1 N–H and O–H groups in total. The molecule has 4 rings (SSSR count). The van der Waals surface area contributed by atoms with E-state index in [-0.39, 0.29) is 27.8 Å². The number of nitrogens with one attached hydrogen (secondary N) is 1. The number of hydrogen-bond acceptors (Lipinski definition) is 4. The quantitative estimate of drug-likeness (QED) is 0.680. The average molecular weight is 415 g/mol. The molecule has 0 fully saturated rings. The van der Waals surface area contributed by atoms with Crippen LogP contribution in [0.3, 0.4) is 0 Å². The summed E-state index contributed by atoms with van der Waals surface area (Å²) in [7, 11) is 0. The number of hydrogen-bond donors (Lipinski definition) is 1. The van der Waals surface area contributed by atoms with Gasteiger partial charge in [-0.3, -0.25) is 14.6 Å². The van der Waals surface area contributed by atoms with Crippen LogP contribution in [0.1, 0.15) is 26.5 Å². The lowest BCUT2D eigenvalue weighted by molar-refractivity contribution is 0.0993. The molecule has 0 aliphatic heterocycles. The number of halogens is 2. The fourth-order valence-electron chi connectivity index (χ4n) is 2.66. The summed E-state index contributed by atoms with van der Waals surface area (Å²) in [4.78, 5) is 36.7. The van der Waals surface area contributed by atoms with Gasteiger partial charge in [0.05, 0.1) is 5.57 Å². The second kappa shape index (κ2) is 6.06. The minimum atomic E-state index is -0.443. The van der Waals surface area contributed by atoms with Gasteiger partial charge >= 0.3 is 0 Å². The van der Waals surface area contributed by atoms with Crippen LogP contribution >= 0.6 is 27.5 Å². The molecule has 122 valence electrons. The summed E-state index contributed by atoms with van der Waals surface area (Å²) >= 11 is 9.57. The predicted octanol–water partition coefficient (Wildman–Crippen LogP) is 4.26. The third kappa shape index (κ3) is 2.63. The van der Waals surface area contributed by atoms with Gasteiger partial charge in [0.15, 0.2) is 0 Å². The number of allylic oxidation sites excluding steroid dienone is 2. The highest BCUT2D eigenvalue weighted by Crippen LogP contribution is 2.35. The fraction of sp³-hybridized carbons (Fsp3) is 0. The molecule has 2 heterocycles. The number of benzene rings is 1. The van der Waals surface area contributed by atoms with E-state index in [1.165, 1.54) is 0 Å². The van der Waals surface area contributed by atoms with E-state index < -0.39 is 5.78 Å². The number of H-pyrrole nitrogens is 1. The highest BCUT2D eigenvalue weighted by molar-refractivity contribution is 9.10. The van der Waals surface area contributed by atoms with Crippen molar-refractivity contribution in [3.63, 3.8) is 0 Å². The Morgan fingerprint density at radius 3 is 2.28 bits per heavy atom. The van der Waals surface area contributed by atoms with Crippen molar-refractivity contribution in [1.82, 2.24) is 15.0 Å². The number of rotatable bonds is 2. The van der Waals surface area contributed by atoms with Crippen molar-refractivity contribution in [1.29, 1.82) is 0 Å². The largest absolute Gasteiger partial charge is 0.335 e. The van der Waals surface area contributed by atoms with Crippen molar-refractivity contribution in [3.8, 4) is 11.4 Å². The summed E-state index contributed by atoms with van der Waals surface area (Å²) in [6, 6.07) is 10.5. The van der Waals surface area contributed by atoms with Gasteiger partial charge in [0.2, 0.25) is 11.6 Å². The van der Waals surface area contributed by atoms with E-state index in [4.69, 9.17) is 11.6 Å². The molecule has 1 aliphatic carbocycles. The van der Waals surface area contributed by atoms with Crippen molar-refractivity contribution < 1.29 is 9.59 Å². The van der Waals surface area contributed by atoms with Gasteiger partial charge in [-0.25, -0.2) is 4.98 Å². The van der Waals surface area contributed by atoms with Crippen LogP contribution in [0.4, 0.5) is 0 Å². The van der Waals surface area contributed by atoms with E-state index in [9.17, 15) is 9.59 Å². The molecule has 0 amide bonds. The molecule has 25 heavy (non-hydrogen) atoms. The van der Waals surface area contributed by atoms with Gasteiger partial charge in [-0.15, -0.1) is 0 Å². The number of ketones is 2. The van der Waals surface area contributed by atoms with Crippen molar-refractivity contribution in [2.75, 3.05) is 0 Å². The zero-order chi connectivity index (χ0) is 17.6. The van der Waals surface area contributed by atoms with Crippen LogP contribution in [0, 0.1) is 0 Å². The minimum absolute atomic E-state index is 0.0825. The van der Waals surface area contributed by atoms with Gasteiger partial charge in [-0.2, -0.15) is 0 Å². The molecule has 2 aromatic heterocycles. The monoisotopic (exact) mass is 413 g/mol. The predicted molar refractivity (Wildman–Crippen MR) is 97.4 cm³/mol. The van der Waals surface area contributed by atoms with Crippen LogP contribution in [0.5, 0.6) is 0 Å². The molecule has 0 saturated heterocycles. The summed E-state index contributed by atoms with van der Waals surface area (Å²) in [5.74, 6) is -0.393. The van der Waals surface area contributed by atoms with Crippen molar-refractivity contribution in [3.05, 3.63) is 75.2 Å². The number of carbonyl (C=O) groups excluding carboxylic acids is 2. The summed E-state index contributed by atoms with van der Waals surface area (Å²) in [5.41, 5.74) is 1.67. The van der Waals surface area contributed by atoms with Gasteiger partial charge in [0.1, 0.15) is 22.2 Å². The van der Waals surface area contributed by atoms with Crippen molar-refractivity contribution in [2.45, 2.75) is 0 Å². The highest BCUT2D eigenvalue weighted by atomic mass is 79.9. The molecule has 7 heteroatoms. The van der Waals surface area contributed by atoms with Crippen LogP contribution in [0.2, 0.25) is 0 Å². The van der Waals surface area contributed by atoms with Crippen LogP contribution in [-0.2, 0) is 0 Å². The molecule has 1 aromatic carbocycles. The number of imidazole rings is 1. The zero-order valence-corrected chi connectivity index (χ0v) is 14.9. The Balaban J connectivity index is 1.84. The summed E-state index contributed by atoms with van der Waals surface area (Å²) < 4.78 is 0.864. The Labute approximate surface area is 155 Å². The van der Waals surface area contributed by atoms with Crippen LogP contribution in [0.25, 0.3) is 17.0 Å². The van der Waals surface area contributed by atoms with E-state index >= 15 is 0 Å². The van der Waals surface area contributed by atoms with E-state index in [1.807, 2.05) is 0 Å². The standard InChI is InChI=1S/C18H9BrClN3O2/c19-11-3-1-9(2-4-11)12-13(20)17(25)15-14(16(12)24)22-18(23-15)10-5-7-21-8-6-10/h1-8H,(H,22,23). The average Bonchev–Trinajstić information content (AvgIpc) is 3.08. The number of pyridine rings is 1. The first-order valence-corrected chi connectivity index (χ1v) is 8.49. The number of aromatic amines is 1. The second-order valence-electron chi connectivity index (χ2n) is 5.40. The lowest BCUT2D eigenvalue weighted by atomic mass is 9.92. The SMILES string of the molecule is O=C1C(c2ccc(Br)cc2)=C(Cl)C(=O)c2[nH]c(-c3ccncc3)nc21. The normalized spacial score (nSPS) is 14.0. The van der Waals surface area contributed by atoms with E-state index in [0.717, 1.165) is 10.0 Å². The van der Waals surface area contributed by atoms with E-state index in [1.54, 1.807) is 48.8 Å². The lowest BCUT2D eigenvalue weighted by Gasteiger charge is -2.14. The fourth-order valence-corrected chi connectivity index (χ4v) is 3.22. The molecule has 0 bridgehead atoms. The molecule has 5 nitrogen and oxygen atoms in total. The Morgan fingerprint density at radius 2 is 1.60 bits per heavy atom. The van der Waals surface area contributed by atoms with E-state index in [2.05, 4.69) is 30.9 Å². The maximum absolute atomic E-state index is 12.9. The van der Waals surface area contributed by atoms with Crippen LogP contribution in [0.15, 0.2) is 58.3 Å². The van der Waals surface area contributed by atoms with Gasteiger partial charge in [0.25, 0.3) is 0 Å². The third-order valence-corrected chi connectivity index (χ3v) is 4.77. The number of nitrogens with zero attached hydrogens (tertiary/aromatic N) is 2. The van der Waals surface area contributed by atoms with Crippen LogP contribution in [-0.4, -0.2) is 26.5 Å². The summed E-state index contributed by atoms with van der Waals surface area (Å²) in [6.45, 7) is 0. The summed E-state index contributed by atoms with van der Waals surface area (Å²) in [6.07, 6.45) is 3.22. The maximum atomic E-state index is 12.9. The molecular formula is C18H9BrClN3O2. The Bertz CT molecular complexity index is 1040.